The van der Waals surface area contributed by atoms with Gasteiger partial charge in [-0.25, -0.2) is 0 Å². The van der Waals surface area contributed by atoms with Crippen LogP contribution in [-0.4, -0.2) is 16.6 Å². The highest BCUT2D eigenvalue weighted by atomic mass is 16.6. The van der Waals surface area contributed by atoms with E-state index in [1.807, 2.05) is 26.8 Å². The van der Waals surface area contributed by atoms with E-state index in [0.717, 1.165) is 5.56 Å². The number of nitro benzene ring substituents is 1. The van der Waals surface area contributed by atoms with Crippen molar-refractivity contribution in [3.63, 3.8) is 0 Å². The standard InChI is InChI=1S/C15H21N3O3/c1-5-12(9-16)21-14-7-6-11(8-13(14)18(19)20)10-17-15(2,3)4/h6-8,12,17H,5,10H2,1-4H3. The van der Waals surface area contributed by atoms with Crippen molar-refractivity contribution < 1.29 is 9.66 Å². The Morgan fingerprint density at radius 1 is 1.48 bits per heavy atom. The summed E-state index contributed by atoms with van der Waals surface area (Å²) in [5.74, 6) is 0.132. The maximum atomic E-state index is 11.2. The molecule has 0 saturated heterocycles. The van der Waals surface area contributed by atoms with E-state index in [9.17, 15) is 10.1 Å². The molecule has 0 spiro atoms. The third kappa shape index (κ3) is 5.40. The van der Waals surface area contributed by atoms with Gasteiger partial charge < -0.3 is 10.1 Å². The molecule has 0 aliphatic carbocycles. The molecular formula is C15H21N3O3. The summed E-state index contributed by atoms with van der Waals surface area (Å²) in [6.07, 6.45) is -0.205. The van der Waals surface area contributed by atoms with E-state index >= 15 is 0 Å². The van der Waals surface area contributed by atoms with Crippen LogP contribution in [0.1, 0.15) is 39.7 Å². The lowest BCUT2D eigenvalue weighted by atomic mass is 10.1. The summed E-state index contributed by atoms with van der Waals surface area (Å²) in [4.78, 5) is 10.7. The minimum Gasteiger partial charge on any atom is -0.468 e. The molecule has 6 nitrogen and oxygen atoms in total. The van der Waals surface area contributed by atoms with E-state index in [4.69, 9.17) is 10.00 Å². The monoisotopic (exact) mass is 291 g/mol. The summed E-state index contributed by atoms with van der Waals surface area (Å²) in [6.45, 7) is 8.40. The zero-order valence-corrected chi connectivity index (χ0v) is 12.8. The Bertz CT molecular complexity index is 544. The van der Waals surface area contributed by atoms with Gasteiger partial charge in [-0.3, -0.25) is 10.1 Å². The summed E-state index contributed by atoms with van der Waals surface area (Å²) < 4.78 is 5.38. The summed E-state index contributed by atoms with van der Waals surface area (Å²) in [6, 6.07) is 6.78. The van der Waals surface area contributed by atoms with Gasteiger partial charge in [0.2, 0.25) is 0 Å². The van der Waals surface area contributed by atoms with E-state index in [0.29, 0.717) is 13.0 Å². The van der Waals surface area contributed by atoms with E-state index < -0.39 is 11.0 Å². The lowest BCUT2D eigenvalue weighted by molar-refractivity contribution is -0.386. The fraction of sp³-hybridized carbons (Fsp3) is 0.533. The van der Waals surface area contributed by atoms with Crippen LogP contribution < -0.4 is 10.1 Å². The van der Waals surface area contributed by atoms with Crippen LogP contribution in [0.25, 0.3) is 0 Å². The van der Waals surface area contributed by atoms with Crippen molar-refractivity contribution in [3.8, 4) is 11.8 Å². The highest BCUT2D eigenvalue weighted by Crippen LogP contribution is 2.29. The van der Waals surface area contributed by atoms with Crippen LogP contribution in [0.2, 0.25) is 0 Å². The molecule has 114 valence electrons. The fourth-order valence-electron chi connectivity index (χ4n) is 1.64. The quantitative estimate of drug-likeness (QED) is 0.642. The Hall–Kier alpha value is -2.13. The normalized spacial score (nSPS) is 12.5. The number of ether oxygens (including phenoxy) is 1. The molecule has 1 aromatic carbocycles. The first-order valence-corrected chi connectivity index (χ1v) is 6.85. The molecule has 0 bridgehead atoms. The number of nitriles is 1. The second-order valence-corrected chi connectivity index (χ2v) is 5.81. The highest BCUT2D eigenvalue weighted by Gasteiger charge is 2.19. The SMILES string of the molecule is CCC(C#N)Oc1ccc(CNC(C)(C)C)cc1[N+](=O)[O-]. The molecule has 0 saturated carbocycles. The van der Waals surface area contributed by atoms with Gasteiger partial charge in [0.05, 0.1) is 4.92 Å². The number of nitro groups is 1. The van der Waals surface area contributed by atoms with Crippen molar-refractivity contribution in [1.29, 1.82) is 5.26 Å². The third-order valence-electron chi connectivity index (χ3n) is 2.83. The summed E-state index contributed by atoms with van der Waals surface area (Å²) in [7, 11) is 0. The molecular weight excluding hydrogens is 270 g/mol. The molecule has 1 N–H and O–H groups in total. The van der Waals surface area contributed by atoms with E-state index in [1.54, 1.807) is 19.1 Å². The lowest BCUT2D eigenvalue weighted by Crippen LogP contribution is -2.35. The lowest BCUT2D eigenvalue weighted by Gasteiger charge is -2.20. The molecule has 1 rings (SSSR count). The molecule has 6 heteroatoms. The van der Waals surface area contributed by atoms with E-state index in [1.165, 1.54) is 6.07 Å². The maximum absolute atomic E-state index is 11.2. The second kappa shape index (κ2) is 7.04. The first kappa shape index (κ1) is 16.9. The zero-order chi connectivity index (χ0) is 16.0. The molecule has 0 fully saturated rings. The van der Waals surface area contributed by atoms with Crippen LogP contribution >= 0.6 is 0 Å². The van der Waals surface area contributed by atoms with Gasteiger partial charge in [0.1, 0.15) is 6.07 Å². The number of benzene rings is 1. The molecule has 0 radical (unpaired) electrons. The van der Waals surface area contributed by atoms with Crippen molar-refractivity contribution in [2.45, 2.75) is 52.3 Å². The van der Waals surface area contributed by atoms with Crippen molar-refractivity contribution in [3.05, 3.63) is 33.9 Å². The Balaban J connectivity index is 2.97. The Labute approximate surface area is 124 Å². The largest absolute Gasteiger partial charge is 0.468 e. The zero-order valence-electron chi connectivity index (χ0n) is 12.8. The molecule has 1 atom stereocenters. The number of nitrogens with zero attached hydrogens (tertiary/aromatic N) is 2. The Kier molecular flexibility index (Phi) is 5.68. The number of hydrogen-bond acceptors (Lipinski definition) is 5. The summed E-state index contributed by atoms with van der Waals surface area (Å²) >= 11 is 0. The average Bonchev–Trinajstić information content (AvgIpc) is 2.42. The summed E-state index contributed by atoms with van der Waals surface area (Å²) in [5, 5.41) is 23.3. The molecule has 0 aliphatic rings. The molecule has 0 aromatic heterocycles. The van der Waals surface area contributed by atoms with E-state index in [2.05, 4.69) is 5.32 Å². The summed E-state index contributed by atoms with van der Waals surface area (Å²) in [5.41, 5.74) is 0.615. The van der Waals surface area contributed by atoms with Crippen molar-refractivity contribution in [1.82, 2.24) is 5.32 Å². The minimum absolute atomic E-state index is 0.0714. The van der Waals surface area contributed by atoms with Gasteiger partial charge in [0, 0.05) is 18.2 Å². The predicted molar refractivity (Wildman–Crippen MR) is 80.0 cm³/mol. The van der Waals surface area contributed by atoms with Crippen LogP contribution in [0.5, 0.6) is 5.75 Å². The van der Waals surface area contributed by atoms with Gasteiger partial charge in [0.15, 0.2) is 11.9 Å². The van der Waals surface area contributed by atoms with Gasteiger partial charge in [0.25, 0.3) is 0 Å². The maximum Gasteiger partial charge on any atom is 0.311 e. The highest BCUT2D eigenvalue weighted by molar-refractivity contribution is 5.49. The van der Waals surface area contributed by atoms with Gasteiger partial charge in [-0.2, -0.15) is 5.26 Å². The fourth-order valence-corrected chi connectivity index (χ4v) is 1.64. The first-order chi connectivity index (χ1) is 9.76. The van der Waals surface area contributed by atoms with Crippen molar-refractivity contribution in [2.24, 2.45) is 0 Å². The molecule has 0 amide bonds. The number of nitrogens with one attached hydrogen (secondary N) is 1. The number of hydrogen-bond donors (Lipinski definition) is 1. The molecule has 1 aromatic rings. The first-order valence-electron chi connectivity index (χ1n) is 6.85. The Morgan fingerprint density at radius 3 is 2.62 bits per heavy atom. The van der Waals surface area contributed by atoms with Crippen LogP contribution in [0.3, 0.4) is 0 Å². The molecule has 1 unspecified atom stereocenters. The van der Waals surface area contributed by atoms with E-state index in [-0.39, 0.29) is 17.0 Å². The number of rotatable bonds is 6. The van der Waals surface area contributed by atoms with Gasteiger partial charge >= 0.3 is 5.69 Å². The third-order valence-corrected chi connectivity index (χ3v) is 2.83. The Morgan fingerprint density at radius 2 is 2.14 bits per heavy atom. The van der Waals surface area contributed by atoms with Gasteiger partial charge in [-0.15, -0.1) is 0 Å². The second-order valence-electron chi connectivity index (χ2n) is 5.81. The average molecular weight is 291 g/mol. The van der Waals surface area contributed by atoms with Crippen LogP contribution in [0.15, 0.2) is 18.2 Å². The van der Waals surface area contributed by atoms with Crippen LogP contribution in [0, 0.1) is 21.4 Å². The van der Waals surface area contributed by atoms with Gasteiger partial charge in [-0.1, -0.05) is 13.0 Å². The topological polar surface area (TPSA) is 88.2 Å². The molecule has 21 heavy (non-hydrogen) atoms. The van der Waals surface area contributed by atoms with Crippen molar-refractivity contribution in [2.75, 3.05) is 0 Å². The molecule has 0 aliphatic heterocycles. The smallest absolute Gasteiger partial charge is 0.311 e. The molecule has 0 heterocycles. The van der Waals surface area contributed by atoms with Crippen LogP contribution in [-0.2, 0) is 6.54 Å². The van der Waals surface area contributed by atoms with Crippen molar-refractivity contribution >= 4 is 5.69 Å². The minimum atomic E-state index is -0.678. The van der Waals surface area contributed by atoms with Crippen LogP contribution in [0.4, 0.5) is 5.69 Å². The predicted octanol–water partition coefficient (Wildman–Crippen LogP) is 3.16. The van der Waals surface area contributed by atoms with Gasteiger partial charge in [-0.05, 0) is 38.8 Å².